The molecule has 1 aliphatic carbocycles. The number of allylic oxidation sites excluding steroid dienone is 2. The average Bonchev–Trinajstić information content (AvgIpc) is 2.67. The average molecular weight is 357 g/mol. The fraction of sp³-hybridized carbons (Fsp3) is 0.409. The lowest BCUT2D eigenvalue weighted by molar-refractivity contribution is 0.237. The molecule has 27 heavy (non-hydrogen) atoms. The summed E-state index contributed by atoms with van der Waals surface area (Å²) in [4.78, 5) is 2.14. The highest BCUT2D eigenvalue weighted by atomic mass is 15.1. The Morgan fingerprint density at radius 2 is 1.78 bits per heavy atom. The number of nitrogens with two attached hydrogens (primary N) is 1. The van der Waals surface area contributed by atoms with Crippen molar-refractivity contribution in [2.75, 3.05) is 20.1 Å². The van der Waals surface area contributed by atoms with Crippen LogP contribution in [0.1, 0.15) is 36.8 Å². The van der Waals surface area contributed by atoms with Crippen molar-refractivity contribution in [2.45, 2.75) is 25.7 Å². The van der Waals surface area contributed by atoms with Crippen LogP contribution in [0.3, 0.4) is 0 Å². The summed E-state index contributed by atoms with van der Waals surface area (Å²) in [5.74, 6) is -0.150. The molecule has 0 saturated carbocycles. The topological polar surface area (TPSA) is 101 Å². The summed E-state index contributed by atoms with van der Waals surface area (Å²) in [6, 6.07) is 14.6. The summed E-state index contributed by atoms with van der Waals surface area (Å²) in [6.07, 6.45) is 2.01. The molecule has 1 aromatic rings. The summed E-state index contributed by atoms with van der Waals surface area (Å²) in [5, 5.41) is 29.7. The number of likely N-dealkylation sites (N-methyl/N-ethyl adjacent to an activating group) is 1. The zero-order valence-corrected chi connectivity index (χ0v) is 15.9. The van der Waals surface area contributed by atoms with E-state index < -0.39 is 11.3 Å². The number of nitriles is 3. The first-order valence-electron chi connectivity index (χ1n) is 9.11. The van der Waals surface area contributed by atoms with Gasteiger partial charge in [-0.25, -0.2) is 0 Å². The first-order chi connectivity index (χ1) is 12.9. The molecule has 1 heterocycles. The maximum absolute atomic E-state index is 10.0. The van der Waals surface area contributed by atoms with Gasteiger partial charge in [-0.15, -0.1) is 0 Å². The second kappa shape index (κ2) is 6.92. The molecular weight excluding hydrogens is 334 g/mol. The second-order valence-corrected chi connectivity index (χ2v) is 7.72. The van der Waals surface area contributed by atoms with Gasteiger partial charge in [-0.2, -0.15) is 15.8 Å². The Kier molecular flexibility index (Phi) is 4.79. The fourth-order valence-corrected chi connectivity index (χ4v) is 4.29. The van der Waals surface area contributed by atoms with Gasteiger partial charge in [-0.3, -0.25) is 0 Å². The van der Waals surface area contributed by atoms with Crippen molar-refractivity contribution in [3.63, 3.8) is 0 Å². The summed E-state index contributed by atoms with van der Waals surface area (Å²) < 4.78 is 0. The Morgan fingerprint density at radius 3 is 2.30 bits per heavy atom. The normalized spacial score (nSPS) is 24.4. The van der Waals surface area contributed by atoms with Gasteiger partial charge in [-0.05, 0) is 29.7 Å². The number of hydrogen-bond acceptors (Lipinski definition) is 5. The first kappa shape index (κ1) is 18.7. The van der Waals surface area contributed by atoms with Crippen LogP contribution in [-0.2, 0) is 0 Å². The lowest BCUT2D eigenvalue weighted by atomic mass is 9.58. The molecule has 3 rings (SSSR count). The van der Waals surface area contributed by atoms with E-state index in [1.807, 2.05) is 25.3 Å². The molecule has 1 unspecified atom stereocenters. The highest BCUT2D eigenvalue weighted by Gasteiger charge is 2.54. The van der Waals surface area contributed by atoms with E-state index >= 15 is 0 Å². The maximum atomic E-state index is 10.0. The lowest BCUT2D eigenvalue weighted by Crippen LogP contribution is -2.47. The third kappa shape index (κ3) is 2.80. The van der Waals surface area contributed by atoms with Crippen LogP contribution in [0.5, 0.6) is 0 Å². The van der Waals surface area contributed by atoms with Crippen LogP contribution in [0.4, 0.5) is 0 Å². The smallest absolute Gasteiger partial charge is 0.191 e. The molecule has 0 fully saturated rings. The third-order valence-corrected chi connectivity index (χ3v) is 5.81. The van der Waals surface area contributed by atoms with E-state index in [4.69, 9.17) is 5.73 Å². The summed E-state index contributed by atoms with van der Waals surface area (Å²) >= 11 is 0. The molecule has 0 spiro atoms. The minimum atomic E-state index is -1.55. The molecule has 0 saturated heterocycles. The predicted molar refractivity (Wildman–Crippen MR) is 103 cm³/mol. The largest absolute Gasteiger partial charge is 0.399 e. The van der Waals surface area contributed by atoms with Crippen molar-refractivity contribution >= 4 is 0 Å². The minimum Gasteiger partial charge on any atom is -0.399 e. The molecule has 0 bridgehead atoms. The Balaban J connectivity index is 2.26. The van der Waals surface area contributed by atoms with Gasteiger partial charge >= 0.3 is 0 Å². The monoisotopic (exact) mass is 357 g/mol. The van der Waals surface area contributed by atoms with E-state index in [2.05, 4.69) is 49.1 Å². The van der Waals surface area contributed by atoms with Gasteiger partial charge in [0.05, 0.1) is 23.4 Å². The molecule has 1 aromatic carbocycles. The number of rotatable bonds is 2. The van der Waals surface area contributed by atoms with Gasteiger partial charge in [0.1, 0.15) is 6.07 Å². The van der Waals surface area contributed by atoms with E-state index in [-0.39, 0.29) is 11.6 Å². The lowest BCUT2D eigenvalue weighted by Gasteiger charge is -2.45. The van der Waals surface area contributed by atoms with E-state index in [9.17, 15) is 15.8 Å². The highest BCUT2D eigenvalue weighted by Crippen LogP contribution is 2.54. The number of fused-ring (bicyclic) bond motifs is 1. The summed E-state index contributed by atoms with van der Waals surface area (Å²) in [7, 11) is 2.00. The van der Waals surface area contributed by atoms with Gasteiger partial charge in [0.25, 0.3) is 0 Å². The molecule has 0 amide bonds. The van der Waals surface area contributed by atoms with E-state index in [1.54, 1.807) is 0 Å². The van der Waals surface area contributed by atoms with Gasteiger partial charge < -0.3 is 10.6 Å². The zero-order chi connectivity index (χ0) is 19.8. The Labute approximate surface area is 160 Å². The van der Waals surface area contributed by atoms with Crippen molar-refractivity contribution in [3.05, 3.63) is 58.3 Å². The number of hydrogen-bond donors (Lipinski definition) is 1. The van der Waals surface area contributed by atoms with Crippen LogP contribution in [-0.4, -0.2) is 25.0 Å². The SMILES string of the molecule is CC(C)c1ccc(C2[C@@H]3CN(C)CC=C3C(C#N)=C(N)C2(C#N)C#N)cc1. The number of benzene rings is 1. The quantitative estimate of drug-likeness (QED) is 0.876. The van der Waals surface area contributed by atoms with Gasteiger partial charge in [-0.1, -0.05) is 44.2 Å². The third-order valence-electron chi connectivity index (χ3n) is 5.81. The maximum Gasteiger partial charge on any atom is 0.191 e. The van der Waals surface area contributed by atoms with Crippen molar-refractivity contribution in [1.29, 1.82) is 15.8 Å². The van der Waals surface area contributed by atoms with Crippen LogP contribution in [0.15, 0.2) is 47.2 Å². The highest BCUT2D eigenvalue weighted by molar-refractivity contribution is 5.59. The molecule has 5 heteroatoms. The zero-order valence-electron chi connectivity index (χ0n) is 15.9. The molecule has 2 atom stereocenters. The fourth-order valence-electron chi connectivity index (χ4n) is 4.29. The van der Waals surface area contributed by atoms with E-state index in [1.165, 1.54) is 5.56 Å². The molecule has 2 aliphatic rings. The Bertz CT molecular complexity index is 917. The molecule has 1 aliphatic heterocycles. The van der Waals surface area contributed by atoms with Crippen molar-refractivity contribution in [1.82, 2.24) is 4.90 Å². The van der Waals surface area contributed by atoms with Gasteiger partial charge in [0.2, 0.25) is 0 Å². The molecule has 0 aromatic heterocycles. The van der Waals surface area contributed by atoms with Crippen LogP contribution in [0, 0.1) is 45.3 Å². The summed E-state index contributed by atoms with van der Waals surface area (Å²) in [6.45, 7) is 5.64. The first-order valence-corrected chi connectivity index (χ1v) is 9.11. The van der Waals surface area contributed by atoms with E-state index in [0.717, 1.165) is 17.7 Å². The molecule has 136 valence electrons. The standard InChI is InChI=1S/C22H23N5/c1-14(2)15-4-6-16(7-5-15)20-19-11-27(3)9-8-17(19)18(10-23)21(26)22(20,12-24)13-25/h4-8,14,19-20H,9,11,26H2,1-3H3/t19-,20?/m1/s1. The summed E-state index contributed by atoms with van der Waals surface area (Å²) in [5.41, 5.74) is 8.10. The predicted octanol–water partition coefficient (Wildman–Crippen LogP) is 3.17. The second-order valence-electron chi connectivity index (χ2n) is 7.72. The minimum absolute atomic E-state index is 0.0833. The van der Waals surface area contributed by atoms with E-state index in [0.29, 0.717) is 18.0 Å². The van der Waals surface area contributed by atoms with Gasteiger partial charge in [0, 0.05) is 24.9 Å². The van der Waals surface area contributed by atoms with Crippen molar-refractivity contribution < 1.29 is 0 Å². The van der Waals surface area contributed by atoms with Gasteiger partial charge in [0.15, 0.2) is 5.41 Å². The Hall–Kier alpha value is -3.07. The Morgan fingerprint density at radius 1 is 1.15 bits per heavy atom. The van der Waals surface area contributed by atoms with Crippen molar-refractivity contribution in [2.24, 2.45) is 17.1 Å². The van der Waals surface area contributed by atoms with Crippen LogP contribution < -0.4 is 5.73 Å². The van der Waals surface area contributed by atoms with Crippen LogP contribution in [0.25, 0.3) is 0 Å². The number of nitrogens with zero attached hydrogens (tertiary/aromatic N) is 4. The molecule has 2 N–H and O–H groups in total. The van der Waals surface area contributed by atoms with Crippen LogP contribution in [0.2, 0.25) is 0 Å². The molecular formula is C22H23N5. The van der Waals surface area contributed by atoms with Crippen molar-refractivity contribution in [3.8, 4) is 18.2 Å². The molecule has 0 radical (unpaired) electrons. The van der Waals surface area contributed by atoms with Crippen LogP contribution >= 0.6 is 0 Å². The molecule has 5 nitrogen and oxygen atoms in total.